The van der Waals surface area contributed by atoms with E-state index in [1.165, 1.54) is 165 Å². The van der Waals surface area contributed by atoms with E-state index in [4.69, 9.17) is 61.2 Å². The zero-order valence-corrected chi connectivity index (χ0v) is 81.4. The second-order valence-electron chi connectivity index (χ2n) is 35.5. The molecule has 10 N–H and O–H groups in total. The Morgan fingerprint density at radius 1 is 0.275 bits per heavy atom. The third-order valence-electron chi connectivity index (χ3n) is 25.5. The monoisotopic (exact) mass is 1900 g/mol. The summed E-state index contributed by atoms with van der Waals surface area (Å²) in [6, 6.07) is 105. The third-order valence-corrected chi connectivity index (χ3v) is 28.5. The van der Waals surface area contributed by atoms with Gasteiger partial charge in [-0.25, -0.2) is 24.9 Å². The predicted octanol–water partition coefficient (Wildman–Crippen LogP) is 29.2. The van der Waals surface area contributed by atoms with Gasteiger partial charge in [0.1, 0.15) is 40.6 Å². The highest BCUT2D eigenvalue weighted by Crippen LogP contribution is 2.38. The Kier molecular flexibility index (Phi) is 33.3. The van der Waals surface area contributed by atoms with Gasteiger partial charge in [-0.05, 0) is 232 Å². The van der Waals surface area contributed by atoms with Crippen LogP contribution >= 0.6 is 46.9 Å². The number of rotatable bonds is 30. The fraction of sp³-hybridized carbons (Fsp3) is 0.274. The van der Waals surface area contributed by atoms with Gasteiger partial charge in [0.15, 0.2) is 0 Å². The van der Waals surface area contributed by atoms with Gasteiger partial charge >= 0.3 is 0 Å². The molecule has 0 amide bonds. The highest BCUT2D eigenvalue weighted by Gasteiger charge is 2.25. The largest absolute Gasteiger partial charge is 0.457 e. The number of ether oxygens (including phenoxy) is 1. The van der Waals surface area contributed by atoms with Crippen LogP contribution in [-0.4, -0.2) is 92.6 Å². The third kappa shape index (κ3) is 26.6. The molecule has 17 aromatic rings. The van der Waals surface area contributed by atoms with Gasteiger partial charge in [0.05, 0.1) is 27.6 Å². The van der Waals surface area contributed by atoms with Gasteiger partial charge in [-0.1, -0.05) is 251 Å². The van der Waals surface area contributed by atoms with Gasteiger partial charge in [-0.15, -0.1) is 23.5 Å². The number of halogens is 1. The molecule has 5 aromatic heterocycles. The minimum absolute atomic E-state index is 0.485. The summed E-state index contributed by atoms with van der Waals surface area (Å²) < 4.78 is 5.95. The smallest absolute Gasteiger partial charge is 0.229 e. The van der Waals surface area contributed by atoms with Crippen molar-refractivity contribution in [1.29, 1.82) is 0 Å². The number of nitrogens with one attached hydrogen (secondary N) is 10. The number of para-hydroxylation sites is 6. The maximum Gasteiger partial charge on any atom is 0.229 e. The lowest BCUT2D eigenvalue weighted by Crippen LogP contribution is -2.17. The zero-order valence-electron chi connectivity index (χ0n) is 78.2. The minimum atomic E-state index is 0.485. The summed E-state index contributed by atoms with van der Waals surface area (Å²) >= 11 is 11.5. The second-order valence-corrected chi connectivity index (χ2v) is 38.8. The molecule has 5 heterocycles. The van der Waals surface area contributed by atoms with Crippen molar-refractivity contribution >= 4 is 166 Å². The first-order chi connectivity index (χ1) is 68.1. The second kappa shape index (κ2) is 48.5. The topological polar surface area (TPSA) is 258 Å². The summed E-state index contributed by atoms with van der Waals surface area (Å²) in [5.74, 6) is 9.43. The molecule has 12 aromatic carbocycles. The molecule has 0 atom stereocenters. The number of anilines is 11. The summed E-state index contributed by atoms with van der Waals surface area (Å²) in [6.07, 6.45) is 29.3. The Balaban J connectivity index is 0.000000115. The molecule has 702 valence electrons. The molecule has 0 bridgehead atoms. The SMILES string of the molecule is CSc1ccc(CNc2nc(NC3CCCC3)c3ccccc3n2)cc1.CSc1cccc(CNc2nc(NC3CCCC3)c3ccccc3n2)c1.Clc1ccccc1CNc1nc(NC2CCCC2)c2ccccc2n1.c1ccc(Oc2cccc(Nc3nc(NC4CCCC4)c4ccccc4n3)c2)cc1.c1ccc(Sc2ccccc2CNc2nc(NC3CCCC3)c3ccccc3n2)cc1. The Morgan fingerprint density at radius 3 is 1.04 bits per heavy atom. The van der Waals surface area contributed by atoms with Crippen molar-refractivity contribution < 1.29 is 4.74 Å². The molecule has 5 saturated carbocycles. The molecule has 22 rings (SSSR count). The molecule has 0 saturated heterocycles. The maximum absolute atomic E-state index is 6.24. The lowest BCUT2D eigenvalue weighted by Gasteiger charge is -2.16. The molecular weight excluding hydrogens is 1790 g/mol. The van der Waals surface area contributed by atoms with Gasteiger partial charge < -0.3 is 57.9 Å². The number of aromatic nitrogens is 10. The lowest BCUT2D eigenvalue weighted by molar-refractivity contribution is 0.483. The summed E-state index contributed by atoms with van der Waals surface area (Å²) in [7, 11) is 0. The summed E-state index contributed by atoms with van der Waals surface area (Å²) in [5, 5.41) is 41.3. The molecule has 5 aliphatic carbocycles. The molecule has 21 nitrogen and oxygen atoms in total. The molecule has 0 radical (unpaired) electrons. The van der Waals surface area contributed by atoms with E-state index in [9.17, 15) is 0 Å². The van der Waals surface area contributed by atoms with Crippen LogP contribution in [0.25, 0.3) is 54.5 Å². The molecule has 0 aliphatic heterocycles. The summed E-state index contributed by atoms with van der Waals surface area (Å²) in [4.78, 5) is 52.5. The van der Waals surface area contributed by atoms with Crippen LogP contribution in [0.3, 0.4) is 0 Å². The van der Waals surface area contributed by atoms with E-state index in [1.54, 1.807) is 35.3 Å². The van der Waals surface area contributed by atoms with Crippen LogP contribution < -0.4 is 57.9 Å². The summed E-state index contributed by atoms with van der Waals surface area (Å²) in [5.41, 5.74) is 10.4. The number of nitrogens with zero attached hydrogens (tertiary/aromatic N) is 10. The van der Waals surface area contributed by atoms with Crippen molar-refractivity contribution in [3.8, 4) is 11.5 Å². The van der Waals surface area contributed by atoms with Crippen molar-refractivity contribution in [2.75, 3.05) is 65.7 Å². The molecule has 25 heteroatoms. The van der Waals surface area contributed by atoms with E-state index in [0.717, 1.165) is 124 Å². The highest BCUT2D eigenvalue weighted by molar-refractivity contribution is 7.99. The van der Waals surface area contributed by atoms with E-state index in [2.05, 4.69) is 222 Å². The van der Waals surface area contributed by atoms with Gasteiger partial charge in [0.2, 0.25) is 29.7 Å². The van der Waals surface area contributed by atoms with E-state index in [0.29, 0.717) is 73.0 Å². The van der Waals surface area contributed by atoms with Crippen LogP contribution in [0.15, 0.2) is 323 Å². The predicted molar refractivity (Wildman–Crippen MR) is 578 cm³/mol. The van der Waals surface area contributed by atoms with E-state index >= 15 is 0 Å². The van der Waals surface area contributed by atoms with Gasteiger partial charge in [0, 0.05) is 120 Å². The number of benzene rings is 12. The Labute approximate surface area is 826 Å². The first-order valence-electron chi connectivity index (χ1n) is 48.6. The van der Waals surface area contributed by atoms with Crippen LogP contribution in [0.1, 0.15) is 151 Å². The van der Waals surface area contributed by atoms with Crippen molar-refractivity contribution in [1.82, 2.24) is 49.8 Å². The van der Waals surface area contributed by atoms with Crippen molar-refractivity contribution in [2.45, 2.75) is 204 Å². The number of hydrogen-bond donors (Lipinski definition) is 10. The molecule has 0 spiro atoms. The highest BCUT2D eigenvalue weighted by atomic mass is 35.5. The van der Waals surface area contributed by atoms with Gasteiger partial charge in [-0.2, -0.15) is 24.9 Å². The van der Waals surface area contributed by atoms with Crippen LogP contribution in [0.2, 0.25) is 5.02 Å². The lowest BCUT2D eigenvalue weighted by atomic mass is 10.2. The Morgan fingerprint density at radius 2 is 0.609 bits per heavy atom. The number of hydrogen-bond acceptors (Lipinski definition) is 24. The van der Waals surface area contributed by atoms with E-state index in [-0.39, 0.29) is 0 Å². The first kappa shape index (κ1) is 94.8. The number of thioether (sulfide) groups is 2. The number of fused-ring (bicyclic) bond motifs is 5. The van der Waals surface area contributed by atoms with Gasteiger partial charge in [0.25, 0.3) is 0 Å². The van der Waals surface area contributed by atoms with Crippen LogP contribution in [0, 0.1) is 0 Å². The molecule has 5 fully saturated rings. The van der Waals surface area contributed by atoms with Crippen LogP contribution in [0.4, 0.5) is 64.5 Å². The van der Waals surface area contributed by atoms with Crippen molar-refractivity contribution in [3.05, 3.63) is 331 Å². The van der Waals surface area contributed by atoms with Crippen molar-refractivity contribution in [3.63, 3.8) is 0 Å². The van der Waals surface area contributed by atoms with Crippen molar-refractivity contribution in [2.24, 2.45) is 0 Å². The molecular formula is C113H119ClN20OS3. The van der Waals surface area contributed by atoms with Crippen LogP contribution in [-0.2, 0) is 26.2 Å². The fourth-order valence-corrected chi connectivity index (χ4v) is 20.3. The molecule has 0 unspecified atom stereocenters. The van der Waals surface area contributed by atoms with E-state index in [1.807, 2.05) is 152 Å². The maximum atomic E-state index is 6.24. The Bertz CT molecular complexity index is 6830. The average molecular weight is 1900 g/mol. The fourth-order valence-electron chi connectivity index (χ4n) is 18.3. The quantitative estimate of drug-likeness (QED) is 0.0188. The molecule has 138 heavy (non-hydrogen) atoms. The summed E-state index contributed by atoms with van der Waals surface area (Å²) in [6.45, 7) is 2.71. The zero-order chi connectivity index (χ0) is 93.7. The van der Waals surface area contributed by atoms with Crippen LogP contribution in [0.5, 0.6) is 11.5 Å². The first-order valence-corrected chi connectivity index (χ1v) is 52.3. The average Bonchev–Trinajstić information content (AvgIpc) is 1.38. The standard InChI is InChI=1S/C26H26N4S.C25H24N4O.2C21H24N4S.C20H21ClN4/c1-2-13-21(14-3-1)31-24-17-9-4-10-19(24)18-27-26-29-23-16-8-7-15-22(23)25(30-26)28-20-11-5-6-12-20;1-2-12-20(13-3-1)30-21-14-8-11-19(17-21)27-25-28-23-16-7-6-15-22(23)24(29-25)26-18-9-4-5-10-18;1-26-17-10-6-7-15(13-17)14-22-21-24-19-12-5-4-11-18(19)20(25-21)23-16-8-2-3-9-16;1-26-17-12-10-15(11-13-17)14-22-21-24-19-9-5-4-8-18(19)20(25-21)23-16-6-2-3-7-16;21-17-11-5-1-7-14(17)13-22-20-24-18-12-6-4-10-16(18)19(25-20)23-15-8-2-3-9-15/h1-4,7-10,13-17,20H,5-6,11-12,18H2,(H2,27,28,29,30);1-3,6-8,11-18H,4-5,9-10H2,(H2,26,27,28,29);4-7,10-13,16H,2-3,8-9,14H2,1H3,(H2,22,23,24,25);4-5,8-13,16H,2-3,6-7,14H2,1H3,(H2,22,23,24,25);1,4-7,10-12,15H,2-3,8-9,13H2,(H2,22,23,24,25). The minimum Gasteiger partial charge on any atom is -0.457 e. The van der Waals surface area contributed by atoms with Gasteiger partial charge in [-0.3, -0.25) is 0 Å². The normalized spacial score (nSPS) is 14.4. The molecule has 5 aliphatic rings. The van der Waals surface area contributed by atoms with E-state index < -0.39 is 0 Å². The Hall–Kier alpha value is -13.5.